The van der Waals surface area contributed by atoms with Crippen molar-refractivity contribution in [3.8, 4) is 5.75 Å². The first-order valence-electron chi connectivity index (χ1n) is 7.01. The van der Waals surface area contributed by atoms with Crippen molar-refractivity contribution in [3.05, 3.63) is 29.8 Å². The maximum Gasteiger partial charge on any atom is 0.115 e. The second kappa shape index (κ2) is 6.76. The van der Waals surface area contributed by atoms with Gasteiger partial charge in [-0.15, -0.1) is 0 Å². The molecular formula is C15H24N2O. The summed E-state index contributed by atoms with van der Waals surface area (Å²) in [6.45, 7) is 6.60. The number of nitrogens with one attached hydrogen (secondary N) is 1. The monoisotopic (exact) mass is 248 g/mol. The van der Waals surface area contributed by atoms with Crippen LogP contribution in [0.5, 0.6) is 5.75 Å². The van der Waals surface area contributed by atoms with Gasteiger partial charge in [0.2, 0.25) is 0 Å². The molecule has 2 N–H and O–H groups in total. The number of piperidine rings is 1. The lowest BCUT2D eigenvalue weighted by molar-refractivity contribution is 0.191. The number of benzene rings is 1. The predicted octanol–water partition coefficient (Wildman–Crippen LogP) is 2.36. The number of rotatable bonds is 5. The van der Waals surface area contributed by atoms with Crippen LogP contribution in [0.2, 0.25) is 0 Å². The summed E-state index contributed by atoms with van der Waals surface area (Å²) < 4.78 is 0. The molecule has 0 spiro atoms. The molecule has 1 aliphatic heterocycles. The summed E-state index contributed by atoms with van der Waals surface area (Å²) in [5.74, 6) is 0.368. The number of aromatic hydroxyl groups is 1. The summed E-state index contributed by atoms with van der Waals surface area (Å²) in [7, 11) is 0. The molecule has 100 valence electrons. The average molecular weight is 248 g/mol. The smallest absolute Gasteiger partial charge is 0.115 e. The van der Waals surface area contributed by atoms with Crippen LogP contribution in [0.15, 0.2) is 24.3 Å². The molecule has 0 atom stereocenters. The summed E-state index contributed by atoms with van der Waals surface area (Å²) in [6.07, 6.45) is 3.68. The van der Waals surface area contributed by atoms with E-state index < -0.39 is 0 Å². The predicted molar refractivity (Wildman–Crippen MR) is 74.7 cm³/mol. The Morgan fingerprint density at radius 3 is 2.78 bits per heavy atom. The van der Waals surface area contributed by atoms with Crippen LogP contribution in [0.4, 0.5) is 0 Å². The van der Waals surface area contributed by atoms with Crippen LogP contribution in [0.25, 0.3) is 0 Å². The van der Waals surface area contributed by atoms with E-state index in [1.807, 2.05) is 12.1 Å². The van der Waals surface area contributed by atoms with Gasteiger partial charge in [-0.2, -0.15) is 0 Å². The number of hydrogen-bond donors (Lipinski definition) is 2. The zero-order chi connectivity index (χ0) is 12.8. The minimum absolute atomic E-state index is 0.368. The largest absolute Gasteiger partial charge is 0.508 e. The van der Waals surface area contributed by atoms with Crippen LogP contribution in [0.1, 0.15) is 31.7 Å². The van der Waals surface area contributed by atoms with Gasteiger partial charge in [0.05, 0.1) is 0 Å². The van der Waals surface area contributed by atoms with Gasteiger partial charge in [0.15, 0.2) is 0 Å². The van der Waals surface area contributed by atoms with Gasteiger partial charge >= 0.3 is 0 Å². The fourth-order valence-corrected chi connectivity index (χ4v) is 2.56. The number of likely N-dealkylation sites (tertiary alicyclic amines) is 1. The molecule has 0 saturated carbocycles. The van der Waals surface area contributed by atoms with Gasteiger partial charge in [0.25, 0.3) is 0 Å². The summed E-state index contributed by atoms with van der Waals surface area (Å²) in [5.41, 5.74) is 1.20. The molecule has 0 unspecified atom stereocenters. The van der Waals surface area contributed by atoms with Gasteiger partial charge < -0.3 is 10.4 Å². The summed E-state index contributed by atoms with van der Waals surface area (Å²) in [5, 5.41) is 13.1. The zero-order valence-corrected chi connectivity index (χ0v) is 11.2. The van der Waals surface area contributed by atoms with Gasteiger partial charge in [-0.25, -0.2) is 0 Å². The van der Waals surface area contributed by atoms with Crippen LogP contribution in [-0.2, 0) is 6.54 Å². The number of hydrogen-bond acceptors (Lipinski definition) is 3. The number of phenols is 1. The lowest BCUT2D eigenvalue weighted by Crippen LogP contribution is -2.42. The fraction of sp³-hybridized carbons (Fsp3) is 0.600. The highest BCUT2D eigenvalue weighted by atomic mass is 16.3. The van der Waals surface area contributed by atoms with Gasteiger partial charge in [0, 0.05) is 12.6 Å². The SMILES string of the molecule is CCCNC1CCN(Cc2cccc(O)c2)CC1. The second-order valence-electron chi connectivity index (χ2n) is 5.17. The second-order valence-corrected chi connectivity index (χ2v) is 5.17. The van der Waals surface area contributed by atoms with Crippen molar-refractivity contribution in [2.45, 2.75) is 38.8 Å². The van der Waals surface area contributed by atoms with E-state index in [0.29, 0.717) is 11.8 Å². The average Bonchev–Trinajstić information content (AvgIpc) is 2.38. The van der Waals surface area contributed by atoms with Crippen molar-refractivity contribution in [2.75, 3.05) is 19.6 Å². The van der Waals surface area contributed by atoms with Crippen LogP contribution < -0.4 is 5.32 Å². The number of phenolic OH excluding ortho intramolecular Hbond substituents is 1. The van der Waals surface area contributed by atoms with E-state index in [0.717, 1.165) is 26.2 Å². The van der Waals surface area contributed by atoms with Crippen molar-refractivity contribution in [3.63, 3.8) is 0 Å². The molecule has 1 aromatic carbocycles. The first kappa shape index (κ1) is 13.4. The molecule has 0 aromatic heterocycles. The third-order valence-corrected chi connectivity index (χ3v) is 3.59. The van der Waals surface area contributed by atoms with Gasteiger partial charge in [0.1, 0.15) is 5.75 Å². The Hall–Kier alpha value is -1.06. The summed E-state index contributed by atoms with van der Waals surface area (Å²) in [4.78, 5) is 2.47. The number of nitrogens with zero attached hydrogens (tertiary/aromatic N) is 1. The van der Waals surface area contributed by atoms with Crippen LogP contribution >= 0.6 is 0 Å². The van der Waals surface area contributed by atoms with Crippen molar-refractivity contribution in [1.29, 1.82) is 0 Å². The maximum atomic E-state index is 9.45. The molecule has 0 bridgehead atoms. The van der Waals surface area contributed by atoms with Crippen LogP contribution in [0, 0.1) is 0 Å². The third-order valence-electron chi connectivity index (χ3n) is 3.59. The van der Waals surface area contributed by atoms with Crippen molar-refractivity contribution in [2.24, 2.45) is 0 Å². The van der Waals surface area contributed by atoms with Gasteiger partial charge in [-0.1, -0.05) is 19.1 Å². The Bertz CT molecular complexity index is 359. The van der Waals surface area contributed by atoms with E-state index in [9.17, 15) is 5.11 Å². The maximum absolute atomic E-state index is 9.45. The van der Waals surface area contributed by atoms with E-state index in [1.165, 1.54) is 24.8 Å². The molecule has 1 aromatic rings. The van der Waals surface area contributed by atoms with E-state index >= 15 is 0 Å². The van der Waals surface area contributed by atoms with Gasteiger partial charge in [-0.05, 0) is 56.6 Å². The molecule has 1 aliphatic rings. The lowest BCUT2D eigenvalue weighted by Gasteiger charge is -2.32. The Kier molecular flexibility index (Phi) is 5.02. The standard InChI is InChI=1S/C15H24N2O/c1-2-8-16-14-6-9-17(10-7-14)12-13-4-3-5-15(18)11-13/h3-5,11,14,16,18H,2,6-10,12H2,1H3. The Balaban J connectivity index is 1.76. The summed E-state index contributed by atoms with van der Waals surface area (Å²) in [6, 6.07) is 8.29. The minimum Gasteiger partial charge on any atom is -0.508 e. The van der Waals surface area contributed by atoms with Gasteiger partial charge in [-0.3, -0.25) is 4.90 Å². The molecule has 3 heteroatoms. The van der Waals surface area contributed by atoms with E-state index in [2.05, 4.69) is 23.2 Å². The topological polar surface area (TPSA) is 35.5 Å². The normalized spacial score (nSPS) is 18.1. The molecule has 1 saturated heterocycles. The third kappa shape index (κ3) is 4.00. The molecule has 0 aliphatic carbocycles. The highest BCUT2D eigenvalue weighted by Crippen LogP contribution is 2.16. The first-order valence-corrected chi connectivity index (χ1v) is 7.01. The van der Waals surface area contributed by atoms with Crippen molar-refractivity contribution in [1.82, 2.24) is 10.2 Å². The highest BCUT2D eigenvalue weighted by molar-refractivity contribution is 5.27. The molecule has 1 heterocycles. The van der Waals surface area contributed by atoms with Crippen LogP contribution in [-0.4, -0.2) is 35.7 Å². The van der Waals surface area contributed by atoms with Crippen molar-refractivity contribution >= 4 is 0 Å². The fourth-order valence-electron chi connectivity index (χ4n) is 2.56. The van der Waals surface area contributed by atoms with E-state index in [4.69, 9.17) is 0 Å². The molecule has 0 amide bonds. The Morgan fingerprint density at radius 2 is 2.11 bits per heavy atom. The molecule has 1 fully saturated rings. The quantitative estimate of drug-likeness (QED) is 0.839. The van der Waals surface area contributed by atoms with E-state index in [1.54, 1.807) is 6.07 Å². The minimum atomic E-state index is 0.368. The molecular weight excluding hydrogens is 224 g/mol. The highest BCUT2D eigenvalue weighted by Gasteiger charge is 2.18. The molecule has 0 radical (unpaired) electrons. The van der Waals surface area contributed by atoms with Crippen LogP contribution in [0.3, 0.4) is 0 Å². The Labute approximate surface area is 110 Å². The zero-order valence-electron chi connectivity index (χ0n) is 11.2. The molecule has 2 rings (SSSR count). The lowest BCUT2D eigenvalue weighted by atomic mass is 10.0. The Morgan fingerprint density at radius 1 is 1.33 bits per heavy atom. The van der Waals surface area contributed by atoms with Crippen molar-refractivity contribution < 1.29 is 5.11 Å². The molecule has 18 heavy (non-hydrogen) atoms. The van der Waals surface area contributed by atoms with E-state index in [-0.39, 0.29) is 0 Å². The first-order chi connectivity index (χ1) is 8.78. The summed E-state index contributed by atoms with van der Waals surface area (Å²) >= 11 is 0. The molecule has 3 nitrogen and oxygen atoms in total.